The molecule has 0 bridgehead atoms. The molecule has 4 nitrogen and oxygen atoms in total. The molecule has 0 aliphatic heterocycles. The minimum Gasteiger partial charge on any atom is -0.309 e. The van der Waals surface area contributed by atoms with E-state index in [4.69, 9.17) is 4.98 Å². The van der Waals surface area contributed by atoms with Crippen LogP contribution in [0.3, 0.4) is 0 Å². The normalized spacial score (nSPS) is 11.0. The monoisotopic (exact) mass is 422 g/mol. The molecular weight excluding hydrogens is 404 g/mol. The fourth-order valence-electron chi connectivity index (χ4n) is 4.38. The van der Waals surface area contributed by atoms with E-state index in [1.807, 2.05) is 30.3 Å². The Kier molecular flexibility index (Phi) is 4.45. The van der Waals surface area contributed by atoms with Gasteiger partial charge in [0.05, 0.1) is 28.0 Å². The van der Waals surface area contributed by atoms with Crippen molar-refractivity contribution < 1.29 is 0 Å². The van der Waals surface area contributed by atoms with E-state index in [1.165, 1.54) is 16.3 Å². The van der Waals surface area contributed by atoms with E-state index in [0.29, 0.717) is 5.56 Å². The maximum absolute atomic E-state index is 9.20. The van der Waals surface area contributed by atoms with Gasteiger partial charge in [-0.1, -0.05) is 48.5 Å². The Labute approximate surface area is 191 Å². The summed E-state index contributed by atoms with van der Waals surface area (Å²) in [7, 11) is 0. The largest absolute Gasteiger partial charge is 0.309 e. The number of pyridine rings is 2. The number of hydrogen-bond acceptors (Lipinski definition) is 3. The Morgan fingerprint density at radius 1 is 0.636 bits per heavy atom. The van der Waals surface area contributed by atoms with E-state index in [0.717, 1.165) is 33.7 Å². The van der Waals surface area contributed by atoms with Crippen LogP contribution in [-0.2, 0) is 0 Å². The minimum atomic E-state index is 0.523. The van der Waals surface area contributed by atoms with Gasteiger partial charge in [0.2, 0.25) is 0 Å². The highest BCUT2D eigenvalue weighted by atomic mass is 15.0. The van der Waals surface area contributed by atoms with Crippen molar-refractivity contribution in [2.24, 2.45) is 0 Å². The second-order valence-electron chi connectivity index (χ2n) is 7.90. The van der Waals surface area contributed by atoms with Gasteiger partial charge in [0.15, 0.2) is 0 Å². The van der Waals surface area contributed by atoms with Gasteiger partial charge >= 0.3 is 0 Å². The molecule has 0 atom stereocenters. The molecule has 4 heteroatoms. The second kappa shape index (κ2) is 7.74. The van der Waals surface area contributed by atoms with Crippen molar-refractivity contribution in [3.05, 3.63) is 115 Å². The zero-order valence-corrected chi connectivity index (χ0v) is 17.7. The molecule has 0 fully saturated rings. The minimum absolute atomic E-state index is 0.523. The summed E-state index contributed by atoms with van der Waals surface area (Å²) in [6.45, 7) is 0. The Balaban J connectivity index is 1.53. The van der Waals surface area contributed by atoms with E-state index >= 15 is 0 Å². The molecule has 0 unspecified atom stereocenters. The van der Waals surface area contributed by atoms with Crippen LogP contribution in [-0.4, -0.2) is 14.5 Å². The summed E-state index contributed by atoms with van der Waals surface area (Å²) >= 11 is 0. The van der Waals surface area contributed by atoms with Crippen molar-refractivity contribution in [1.82, 2.24) is 14.5 Å². The van der Waals surface area contributed by atoms with Crippen LogP contribution in [0.2, 0.25) is 0 Å². The molecule has 33 heavy (non-hydrogen) atoms. The van der Waals surface area contributed by atoms with Gasteiger partial charge in [-0.15, -0.1) is 0 Å². The summed E-state index contributed by atoms with van der Waals surface area (Å²) in [5, 5.41) is 11.6. The van der Waals surface area contributed by atoms with Crippen LogP contribution in [0.25, 0.3) is 50.0 Å². The van der Waals surface area contributed by atoms with E-state index in [1.54, 1.807) is 12.4 Å². The predicted octanol–water partition coefficient (Wildman–Crippen LogP) is 6.78. The number of aromatic nitrogens is 3. The third-order valence-electron chi connectivity index (χ3n) is 5.89. The Morgan fingerprint density at radius 3 is 2.24 bits per heavy atom. The third kappa shape index (κ3) is 3.24. The summed E-state index contributed by atoms with van der Waals surface area (Å²) in [6.07, 6.45) is 3.30. The Morgan fingerprint density at radius 2 is 1.39 bits per heavy atom. The fourth-order valence-corrected chi connectivity index (χ4v) is 4.38. The summed E-state index contributed by atoms with van der Waals surface area (Å²) in [5.74, 6) is 0. The maximum atomic E-state index is 9.20. The van der Waals surface area contributed by atoms with Crippen molar-refractivity contribution in [2.45, 2.75) is 0 Å². The van der Waals surface area contributed by atoms with Crippen LogP contribution < -0.4 is 0 Å². The lowest BCUT2D eigenvalue weighted by atomic mass is 10.1. The van der Waals surface area contributed by atoms with Crippen LogP contribution >= 0.6 is 0 Å². The summed E-state index contributed by atoms with van der Waals surface area (Å²) in [4.78, 5) is 9.06. The number of nitrogens with zero attached hydrogens (tertiary/aromatic N) is 4. The molecule has 3 aromatic carbocycles. The molecule has 0 N–H and O–H groups in total. The number of hydrogen-bond donors (Lipinski definition) is 0. The molecule has 0 amide bonds. The van der Waals surface area contributed by atoms with E-state index in [2.05, 4.69) is 82.4 Å². The van der Waals surface area contributed by atoms with Gasteiger partial charge in [-0.3, -0.25) is 4.98 Å². The molecule has 0 saturated carbocycles. The Bertz CT molecular complexity index is 1670. The van der Waals surface area contributed by atoms with Crippen molar-refractivity contribution in [2.75, 3.05) is 0 Å². The zero-order chi connectivity index (χ0) is 22.2. The maximum Gasteiger partial charge on any atom is 0.101 e. The quantitative estimate of drug-likeness (QED) is 0.316. The molecule has 0 aliphatic carbocycles. The van der Waals surface area contributed by atoms with Crippen molar-refractivity contribution in [3.63, 3.8) is 0 Å². The lowest BCUT2D eigenvalue weighted by molar-refractivity contribution is 1.18. The van der Waals surface area contributed by atoms with Gasteiger partial charge < -0.3 is 4.57 Å². The van der Waals surface area contributed by atoms with Crippen LogP contribution in [0.15, 0.2) is 109 Å². The van der Waals surface area contributed by atoms with Gasteiger partial charge in [-0.2, -0.15) is 5.26 Å². The first-order chi connectivity index (χ1) is 16.3. The molecule has 3 heterocycles. The zero-order valence-electron chi connectivity index (χ0n) is 17.7. The lowest BCUT2D eigenvalue weighted by Crippen LogP contribution is -1.93. The van der Waals surface area contributed by atoms with Gasteiger partial charge in [0.1, 0.15) is 6.07 Å². The Hall–Kier alpha value is -4.75. The second-order valence-corrected chi connectivity index (χ2v) is 7.90. The SMILES string of the molecule is N#Cc1cncc(-c2cccc(-c3ccc4c(c3)c3ccccc3n4-c3ccccc3)n2)c1. The van der Waals surface area contributed by atoms with Gasteiger partial charge in [-0.25, -0.2) is 4.98 Å². The lowest BCUT2D eigenvalue weighted by Gasteiger charge is -2.08. The van der Waals surface area contributed by atoms with Crippen LogP contribution in [0, 0.1) is 11.3 Å². The smallest absolute Gasteiger partial charge is 0.101 e. The summed E-state index contributed by atoms with van der Waals surface area (Å²) in [5.41, 5.74) is 7.56. The first-order valence-corrected chi connectivity index (χ1v) is 10.7. The molecular formula is C29H18N4. The first kappa shape index (κ1) is 19.0. The molecule has 6 rings (SSSR count). The number of nitriles is 1. The predicted molar refractivity (Wildman–Crippen MR) is 132 cm³/mol. The van der Waals surface area contributed by atoms with Gasteiger partial charge in [0, 0.05) is 40.0 Å². The molecule has 3 aromatic heterocycles. The molecule has 0 spiro atoms. The standard InChI is InChI=1S/C29H18N4/c30-17-20-15-22(19-31-18-20)27-11-6-10-26(32-27)21-13-14-29-25(16-21)24-9-4-5-12-28(24)33(29)23-7-2-1-3-8-23/h1-16,18-19H. The molecule has 0 radical (unpaired) electrons. The molecule has 0 saturated heterocycles. The highest BCUT2D eigenvalue weighted by molar-refractivity contribution is 6.10. The fraction of sp³-hybridized carbons (Fsp3) is 0. The number of rotatable bonds is 3. The average Bonchev–Trinajstić information content (AvgIpc) is 3.23. The number of para-hydroxylation sites is 2. The van der Waals surface area contributed by atoms with Crippen LogP contribution in [0.1, 0.15) is 5.56 Å². The number of benzene rings is 3. The molecule has 0 aliphatic rings. The van der Waals surface area contributed by atoms with E-state index in [-0.39, 0.29) is 0 Å². The number of fused-ring (bicyclic) bond motifs is 3. The molecule has 154 valence electrons. The van der Waals surface area contributed by atoms with Crippen molar-refractivity contribution in [3.8, 4) is 34.3 Å². The average molecular weight is 422 g/mol. The first-order valence-electron chi connectivity index (χ1n) is 10.7. The van der Waals surface area contributed by atoms with Crippen LogP contribution in [0.4, 0.5) is 0 Å². The van der Waals surface area contributed by atoms with Crippen molar-refractivity contribution in [1.29, 1.82) is 5.26 Å². The third-order valence-corrected chi connectivity index (χ3v) is 5.89. The van der Waals surface area contributed by atoms with E-state index in [9.17, 15) is 5.26 Å². The van der Waals surface area contributed by atoms with Crippen LogP contribution in [0.5, 0.6) is 0 Å². The van der Waals surface area contributed by atoms with Gasteiger partial charge in [-0.05, 0) is 48.5 Å². The van der Waals surface area contributed by atoms with E-state index < -0.39 is 0 Å². The summed E-state index contributed by atoms with van der Waals surface area (Å²) < 4.78 is 2.30. The molecule has 6 aromatic rings. The van der Waals surface area contributed by atoms with Gasteiger partial charge in [0.25, 0.3) is 0 Å². The topological polar surface area (TPSA) is 54.5 Å². The highest BCUT2D eigenvalue weighted by Gasteiger charge is 2.13. The van der Waals surface area contributed by atoms with Crippen molar-refractivity contribution >= 4 is 21.8 Å². The highest BCUT2D eigenvalue weighted by Crippen LogP contribution is 2.34. The summed E-state index contributed by atoms with van der Waals surface area (Å²) in [6, 6.07) is 35.4.